The van der Waals surface area contributed by atoms with Gasteiger partial charge in [0, 0.05) is 11.4 Å². The molecule has 2 atom stereocenters. The van der Waals surface area contributed by atoms with Gasteiger partial charge in [-0.15, -0.1) is 0 Å². The summed E-state index contributed by atoms with van der Waals surface area (Å²) in [4.78, 5) is 0. The van der Waals surface area contributed by atoms with Crippen LogP contribution in [-0.4, -0.2) is 6.54 Å². The molecule has 0 aliphatic rings. The molecule has 0 amide bonds. The normalized spacial score (nSPS) is 14.3. The molecule has 1 N–H and O–H groups in total. The standard InChI is InChI=1S/C19H26FN/c1-4-8-14(3)13-19(21-5-2)17-11-12-18(20)16-10-7-6-9-15(16)17/h6-7,9-12,14,19,21H,4-5,8,13H2,1-3H3. The lowest BCUT2D eigenvalue weighted by Gasteiger charge is -2.23. The van der Waals surface area contributed by atoms with Crippen molar-refractivity contribution in [3.05, 3.63) is 47.8 Å². The van der Waals surface area contributed by atoms with Gasteiger partial charge in [-0.25, -0.2) is 4.39 Å². The Balaban J connectivity index is 2.38. The minimum absolute atomic E-state index is 0.133. The van der Waals surface area contributed by atoms with Gasteiger partial charge in [-0.05, 0) is 35.9 Å². The molecule has 114 valence electrons. The van der Waals surface area contributed by atoms with Crippen LogP contribution in [-0.2, 0) is 0 Å². The third-order valence-corrected chi connectivity index (χ3v) is 4.15. The number of hydrogen-bond donors (Lipinski definition) is 1. The summed E-state index contributed by atoms with van der Waals surface area (Å²) >= 11 is 0. The van der Waals surface area contributed by atoms with Crippen LogP contribution in [0.3, 0.4) is 0 Å². The number of rotatable bonds is 7. The highest BCUT2D eigenvalue weighted by atomic mass is 19.1. The van der Waals surface area contributed by atoms with Crippen LogP contribution in [0.2, 0.25) is 0 Å². The first-order chi connectivity index (χ1) is 10.2. The Bertz CT molecular complexity index is 579. The van der Waals surface area contributed by atoms with Crippen molar-refractivity contribution in [3.8, 4) is 0 Å². The zero-order valence-corrected chi connectivity index (χ0v) is 13.3. The van der Waals surface area contributed by atoms with Crippen molar-refractivity contribution in [1.29, 1.82) is 0 Å². The molecule has 0 aromatic heterocycles. The van der Waals surface area contributed by atoms with E-state index in [1.807, 2.05) is 30.3 Å². The van der Waals surface area contributed by atoms with Crippen molar-refractivity contribution < 1.29 is 4.39 Å². The van der Waals surface area contributed by atoms with Gasteiger partial charge < -0.3 is 5.32 Å². The first kappa shape index (κ1) is 16.0. The molecular formula is C19H26FN. The fourth-order valence-electron chi connectivity index (χ4n) is 3.17. The van der Waals surface area contributed by atoms with Gasteiger partial charge in [-0.2, -0.15) is 0 Å². The molecule has 2 aromatic rings. The number of fused-ring (bicyclic) bond motifs is 1. The van der Waals surface area contributed by atoms with Gasteiger partial charge in [0.05, 0.1) is 0 Å². The van der Waals surface area contributed by atoms with Crippen molar-refractivity contribution in [2.24, 2.45) is 5.92 Å². The van der Waals surface area contributed by atoms with Gasteiger partial charge >= 0.3 is 0 Å². The lowest BCUT2D eigenvalue weighted by atomic mass is 9.90. The molecule has 2 heteroatoms. The molecule has 0 fully saturated rings. The average molecular weight is 287 g/mol. The molecule has 21 heavy (non-hydrogen) atoms. The Hall–Kier alpha value is -1.41. The fraction of sp³-hybridized carbons (Fsp3) is 0.474. The highest BCUT2D eigenvalue weighted by Crippen LogP contribution is 2.31. The molecular weight excluding hydrogens is 261 g/mol. The molecule has 0 bridgehead atoms. The summed E-state index contributed by atoms with van der Waals surface area (Å²) in [5.41, 5.74) is 1.22. The Labute approximate surface area is 127 Å². The lowest BCUT2D eigenvalue weighted by Crippen LogP contribution is -2.23. The molecule has 0 saturated heterocycles. The number of nitrogens with one attached hydrogen (secondary N) is 1. The molecule has 0 saturated carbocycles. The van der Waals surface area contributed by atoms with Crippen molar-refractivity contribution in [2.45, 2.75) is 46.1 Å². The van der Waals surface area contributed by atoms with E-state index in [2.05, 4.69) is 26.1 Å². The predicted octanol–water partition coefficient (Wildman–Crippen LogP) is 5.46. The zero-order valence-electron chi connectivity index (χ0n) is 13.3. The monoisotopic (exact) mass is 287 g/mol. The van der Waals surface area contributed by atoms with Gasteiger partial charge in [0.2, 0.25) is 0 Å². The highest BCUT2D eigenvalue weighted by molar-refractivity contribution is 5.86. The van der Waals surface area contributed by atoms with Crippen molar-refractivity contribution in [1.82, 2.24) is 5.32 Å². The smallest absolute Gasteiger partial charge is 0.131 e. The van der Waals surface area contributed by atoms with E-state index in [1.54, 1.807) is 6.07 Å². The maximum Gasteiger partial charge on any atom is 0.131 e. The Morgan fingerprint density at radius 3 is 2.43 bits per heavy atom. The van der Waals surface area contributed by atoms with Crippen LogP contribution < -0.4 is 5.32 Å². The van der Waals surface area contributed by atoms with Crippen LogP contribution in [0, 0.1) is 11.7 Å². The van der Waals surface area contributed by atoms with Crippen LogP contribution in [0.25, 0.3) is 10.8 Å². The Morgan fingerprint density at radius 1 is 1.05 bits per heavy atom. The van der Waals surface area contributed by atoms with E-state index < -0.39 is 0 Å². The van der Waals surface area contributed by atoms with E-state index in [4.69, 9.17) is 0 Å². The quantitative estimate of drug-likeness (QED) is 0.713. The van der Waals surface area contributed by atoms with Crippen LogP contribution in [0.5, 0.6) is 0 Å². The summed E-state index contributed by atoms with van der Waals surface area (Å²) in [5, 5.41) is 5.33. The van der Waals surface area contributed by atoms with E-state index in [9.17, 15) is 4.39 Å². The van der Waals surface area contributed by atoms with E-state index in [1.165, 1.54) is 18.4 Å². The minimum Gasteiger partial charge on any atom is -0.310 e. The first-order valence-electron chi connectivity index (χ1n) is 8.07. The molecule has 0 aliphatic heterocycles. The van der Waals surface area contributed by atoms with Crippen LogP contribution in [0.4, 0.5) is 4.39 Å². The number of benzene rings is 2. The highest BCUT2D eigenvalue weighted by Gasteiger charge is 2.17. The first-order valence-corrected chi connectivity index (χ1v) is 8.07. The largest absolute Gasteiger partial charge is 0.310 e. The van der Waals surface area contributed by atoms with E-state index in [0.717, 1.165) is 23.7 Å². The van der Waals surface area contributed by atoms with Gasteiger partial charge in [-0.3, -0.25) is 0 Å². The van der Waals surface area contributed by atoms with E-state index in [0.29, 0.717) is 12.0 Å². The second kappa shape index (κ2) is 7.56. The van der Waals surface area contributed by atoms with Gasteiger partial charge in [0.1, 0.15) is 5.82 Å². The molecule has 0 heterocycles. The third-order valence-electron chi connectivity index (χ3n) is 4.15. The average Bonchev–Trinajstić information content (AvgIpc) is 2.48. The van der Waals surface area contributed by atoms with Gasteiger partial charge in [-0.1, -0.05) is 63.9 Å². The zero-order chi connectivity index (χ0) is 15.2. The predicted molar refractivity (Wildman–Crippen MR) is 89.0 cm³/mol. The van der Waals surface area contributed by atoms with Gasteiger partial charge in [0.15, 0.2) is 0 Å². The summed E-state index contributed by atoms with van der Waals surface area (Å²) in [6.45, 7) is 7.59. The van der Waals surface area contributed by atoms with Crippen molar-refractivity contribution in [3.63, 3.8) is 0 Å². The summed E-state index contributed by atoms with van der Waals surface area (Å²) in [6, 6.07) is 11.6. The summed E-state index contributed by atoms with van der Waals surface area (Å²) in [5.74, 6) is 0.536. The maximum atomic E-state index is 14.0. The molecule has 0 radical (unpaired) electrons. The molecule has 2 aromatic carbocycles. The summed E-state index contributed by atoms with van der Waals surface area (Å²) in [7, 11) is 0. The maximum absolute atomic E-state index is 14.0. The summed E-state index contributed by atoms with van der Waals surface area (Å²) in [6.07, 6.45) is 3.54. The lowest BCUT2D eigenvalue weighted by molar-refractivity contribution is 0.396. The second-order valence-electron chi connectivity index (χ2n) is 5.92. The van der Waals surface area contributed by atoms with Crippen LogP contribution >= 0.6 is 0 Å². The van der Waals surface area contributed by atoms with Crippen LogP contribution in [0.15, 0.2) is 36.4 Å². The topological polar surface area (TPSA) is 12.0 Å². The fourth-order valence-corrected chi connectivity index (χ4v) is 3.17. The molecule has 0 spiro atoms. The third kappa shape index (κ3) is 3.82. The van der Waals surface area contributed by atoms with Crippen molar-refractivity contribution >= 4 is 10.8 Å². The molecule has 2 unspecified atom stereocenters. The minimum atomic E-state index is -0.133. The van der Waals surface area contributed by atoms with Crippen molar-refractivity contribution in [2.75, 3.05) is 6.54 Å². The summed E-state index contributed by atoms with van der Waals surface area (Å²) < 4.78 is 14.0. The Morgan fingerprint density at radius 2 is 1.76 bits per heavy atom. The van der Waals surface area contributed by atoms with E-state index in [-0.39, 0.29) is 5.82 Å². The SMILES string of the molecule is CCCC(C)CC(NCC)c1ccc(F)c2ccccc12. The second-order valence-corrected chi connectivity index (χ2v) is 5.92. The molecule has 2 rings (SSSR count). The van der Waals surface area contributed by atoms with Crippen LogP contribution in [0.1, 0.15) is 51.6 Å². The Kier molecular flexibility index (Phi) is 5.75. The molecule has 1 nitrogen and oxygen atoms in total. The van der Waals surface area contributed by atoms with E-state index >= 15 is 0 Å². The number of halogens is 1. The van der Waals surface area contributed by atoms with Gasteiger partial charge in [0.25, 0.3) is 0 Å². The number of hydrogen-bond acceptors (Lipinski definition) is 1. The molecule has 0 aliphatic carbocycles.